The maximum atomic E-state index is 12.3. The van der Waals surface area contributed by atoms with Gasteiger partial charge in [-0.3, -0.25) is 4.79 Å². The molecule has 0 saturated heterocycles. The average molecular weight is 245 g/mol. The summed E-state index contributed by atoms with van der Waals surface area (Å²) in [4.78, 5) is 12.3. The number of hydrogen-bond acceptors (Lipinski definition) is 4. The van der Waals surface area contributed by atoms with E-state index in [4.69, 9.17) is 4.74 Å². The molecule has 0 saturated carbocycles. The van der Waals surface area contributed by atoms with Crippen LogP contribution in [-0.2, 0) is 0 Å². The molecule has 1 heterocycles. The van der Waals surface area contributed by atoms with Crippen molar-refractivity contribution in [3.05, 3.63) is 42.2 Å². The van der Waals surface area contributed by atoms with E-state index in [2.05, 4.69) is 10.3 Å². The molecule has 5 nitrogen and oxygen atoms in total. The summed E-state index contributed by atoms with van der Waals surface area (Å²) in [5, 5.41) is 7.62. The molecule has 0 bridgehead atoms. The number of carbonyl (C=O) groups is 1. The zero-order valence-corrected chi connectivity index (χ0v) is 10.4. The standard InChI is InChI=1S/C13H15N3O2/c1-3-12(16-9-8-14-15-16)13(17)10-4-6-11(18-2)7-5-10/h4-9,12H,3H2,1-2H3. The minimum atomic E-state index is -0.305. The monoisotopic (exact) mass is 245 g/mol. The highest BCUT2D eigenvalue weighted by Crippen LogP contribution is 2.19. The van der Waals surface area contributed by atoms with Crippen molar-refractivity contribution in [2.45, 2.75) is 19.4 Å². The van der Waals surface area contributed by atoms with Gasteiger partial charge in [0.2, 0.25) is 0 Å². The Bertz CT molecular complexity index is 506. The Kier molecular flexibility index (Phi) is 3.72. The number of ether oxygens (including phenoxy) is 1. The van der Waals surface area contributed by atoms with E-state index in [9.17, 15) is 4.79 Å². The molecule has 0 aliphatic rings. The van der Waals surface area contributed by atoms with E-state index in [0.29, 0.717) is 12.0 Å². The maximum Gasteiger partial charge on any atom is 0.187 e. The van der Waals surface area contributed by atoms with Crippen LogP contribution in [0, 0.1) is 0 Å². The lowest BCUT2D eigenvalue weighted by atomic mass is 10.0. The summed E-state index contributed by atoms with van der Waals surface area (Å²) in [6.07, 6.45) is 3.95. The van der Waals surface area contributed by atoms with Gasteiger partial charge in [0, 0.05) is 11.8 Å². The molecule has 0 fully saturated rings. The molecule has 0 aliphatic carbocycles. The van der Waals surface area contributed by atoms with E-state index in [0.717, 1.165) is 5.75 Å². The molecule has 2 aromatic rings. The Morgan fingerprint density at radius 3 is 2.61 bits per heavy atom. The summed E-state index contributed by atoms with van der Waals surface area (Å²) < 4.78 is 6.66. The molecule has 5 heteroatoms. The fraction of sp³-hybridized carbons (Fsp3) is 0.308. The fourth-order valence-corrected chi connectivity index (χ4v) is 1.82. The molecule has 0 N–H and O–H groups in total. The van der Waals surface area contributed by atoms with E-state index < -0.39 is 0 Å². The van der Waals surface area contributed by atoms with Gasteiger partial charge in [0.15, 0.2) is 5.78 Å². The number of ketones is 1. The highest BCUT2D eigenvalue weighted by molar-refractivity contribution is 5.99. The SMILES string of the molecule is CCC(C(=O)c1ccc(OC)cc1)n1ccnn1. The lowest BCUT2D eigenvalue weighted by molar-refractivity contribution is 0.0913. The molecule has 1 unspecified atom stereocenters. The molecule has 0 radical (unpaired) electrons. The summed E-state index contributed by atoms with van der Waals surface area (Å²) in [5.41, 5.74) is 0.651. The minimum Gasteiger partial charge on any atom is -0.497 e. The summed E-state index contributed by atoms with van der Waals surface area (Å²) in [5.74, 6) is 0.769. The zero-order chi connectivity index (χ0) is 13.0. The predicted molar refractivity (Wildman–Crippen MR) is 66.7 cm³/mol. The molecule has 94 valence electrons. The maximum absolute atomic E-state index is 12.3. The molecule has 0 spiro atoms. The second-order valence-electron chi connectivity index (χ2n) is 3.90. The van der Waals surface area contributed by atoms with E-state index in [-0.39, 0.29) is 11.8 Å². The van der Waals surface area contributed by atoms with Crippen molar-refractivity contribution in [1.29, 1.82) is 0 Å². The van der Waals surface area contributed by atoms with Crippen LogP contribution in [0.25, 0.3) is 0 Å². The van der Waals surface area contributed by atoms with Crippen LogP contribution in [0.4, 0.5) is 0 Å². The normalized spacial score (nSPS) is 12.1. The Balaban J connectivity index is 2.23. The number of methoxy groups -OCH3 is 1. The van der Waals surface area contributed by atoms with Crippen molar-refractivity contribution in [1.82, 2.24) is 15.0 Å². The summed E-state index contributed by atoms with van der Waals surface area (Å²) >= 11 is 0. The number of nitrogens with zero attached hydrogens (tertiary/aromatic N) is 3. The third-order valence-electron chi connectivity index (χ3n) is 2.82. The predicted octanol–water partition coefficient (Wildman–Crippen LogP) is 2.12. The van der Waals surface area contributed by atoms with Gasteiger partial charge in [0.1, 0.15) is 11.8 Å². The number of hydrogen-bond donors (Lipinski definition) is 0. The first-order valence-corrected chi connectivity index (χ1v) is 5.80. The van der Waals surface area contributed by atoms with Gasteiger partial charge < -0.3 is 4.74 Å². The van der Waals surface area contributed by atoms with Crippen LogP contribution in [0.3, 0.4) is 0 Å². The van der Waals surface area contributed by atoms with Gasteiger partial charge >= 0.3 is 0 Å². The van der Waals surface area contributed by atoms with Crippen LogP contribution >= 0.6 is 0 Å². The van der Waals surface area contributed by atoms with E-state index in [1.807, 2.05) is 6.92 Å². The smallest absolute Gasteiger partial charge is 0.187 e. The Hall–Kier alpha value is -2.17. The molecule has 1 aromatic heterocycles. The Morgan fingerprint density at radius 1 is 1.39 bits per heavy atom. The number of benzene rings is 1. The van der Waals surface area contributed by atoms with Crippen LogP contribution in [0.15, 0.2) is 36.7 Å². The van der Waals surface area contributed by atoms with Gasteiger partial charge in [-0.25, -0.2) is 4.68 Å². The van der Waals surface area contributed by atoms with Crippen molar-refractivity contribution >= 4 is 5.78 Å². The largest absolute Gasteiger partial charge is 0.497 e. The van der Waals surface area contributed by atoms with Crippen molar-refractivity contribution in [3.8, 4) is 5.75 Å². The van der Waals surface area contributed by atoms with E-state index in [1.54, 1.807) is 48.5 Å². The van der Waals surface area contributed by atoms with Crippen molar-refractivity contribution in [2.75, 3.05) is 7.11 Å². The quantitative estimate of drug-likeness (QED) is 0.757. The van der Waals surface area contributed by atoms with E-state index >= 15 is 0 Å². The van der Waals surface area contributed by atoms with Gasteiger partial charge in [0.05, 0.1) is 13.3 Å². The lowest BCUT2D eigenvalue weighted by Crippen LogP contribution is -2.19. The first-order valence-electron chi connectivity index (χ1n) is 5.80. The van der Waals surface area contributed by atoms with Gasteiger partial charge in [-0.05, 0) is 30.7 Å². The van der Waals surface area contributed by atoms with Gasteiger partial charge in [-0.2, -0.15) is 0 Å². The van der Waals surface area contributed by atoms with Crippen LogP contribution < -0.4 is 4.74 Å². The summed E-state index contributed by atoms with van der Waals surface area (Å²) in [6, 6.07) is 6.78. The molecule has 0 amide bonds. The Morgan fingerprint density at radius 2 is 2.11 bits per heavy atom. The first kappa shape index (κ1) is 12.3. The molecule has 2 rings (SSSR count). The highest BCUT2D eigenvalue weighted by Gasteiger charge is 2.20. The van der Waals surface area contributed by atoms with Crippen molar-refractivity contribution in [2.24, 2.45) is 0 Å². The number of carbonyl (C=O) groups excluding carboxylic acids is 1. The topological polar surface area (TPSA) is 57.0 Å². The van der Waals surface area contributed by atoms with Crippen LogP contribution in [0.1, 0.15) is 29.7 Å². The molecule has 0 aliphatic heterocycles. The van der Waals surface area contributed by atoms with Gasteiger partial charge in [0.25, 0.3) is 0 Å². The highest BCUT2D eigenvalue weighted by atomic mass is 16.5. The number of aromatic nitrogens is 3. The second kappa shape index (κ2) is 5.44. The second-order valence-corrected chi connectivity index (χ2v) is 3.90. The Labute approximate surface area is 105 Å². The van der Waals surface area contributed by atoms with Gasteiger partial charge in [-0.15, -0.1) is 5.10 Å². The third kappa shape index (κ3) is 2.40. The molecular weight excluding hydrogens is 230 g/mol. The molecule has 1 aromatic carbocycles. The minimum absolute atomic E-state index is 0.0330. The summed E-state index contributed by atoms with van der Waals surface area (Å²) in [6.45, 7) is 1.95. The fourth-order valence-electron chi connectivity index (χ4n) is 1.82. The molecule has 1 atom stereocenters. The zero-order valence-electron chi connectivity index (χ0n) is 10.4. The first-order chi connectivity index (χ1) is 8.76. The summed E-state index contributed by atoms with van der Waals surface area (Å²) in [7, 11) is 1.60. The number of rotatable bonds is 5. The van der Waals surface area contributed by atoms with Crippen LogP contribution in [0.2, 0.25) is 0 Å². The van der Waals surface area contributed by atoms with E-state index in [1.165, 1.54) is 0 Å². The van der Waals surface area contributed by atoms with Crippen molar-refractivity contribution < 1.29 is 9.53 Å². The number of Topliss-reactive ketones (excluding diaryl/α,β-unsaturated/α-hetero) is 1. The molecular formula is C13H15N3O2. The van der Waals surface area contributed by atoms with Crippen molar-refractivity contribution in [3.63, 3.8) is 0 Å². The molecule has 18 heavy (non-hydrogen) atoms. The van der Waals surface area contributed by atoms with Gasteiger partial charge in [-0.1, -0.05) is 12.1 Å². The van der Waals surface area contributed by atoms with Crippen LogP contribution in [0.5, 0.6) is 5.75 Å². The third-order valence-corrected chi connectivity index (χ3v) is 2.82. The average Bonchev–Trinajstić information content (AvgIpc) is 2.93. The lowest BCUT2D eigenvalue weighted by Gasteiger charge is -2.13. The van der Waals surface area contributed by atoms with Crippen LogP contribution in [-0.4, -0.2) is 27.9 Å².